The summed E-state index contributed by atoms with van der Waals surface area (Å²) in [5.74, 6) is 2.48. The van der Waals surface area contributed by atoms with E-state index in [2.05, 4.69) is 31.4 Å². The number of hydrogen-bond donors (Lipinski definition) is 1. The number of carbonyl (C=O) groups is 1. The van der Waals surface area contributed by atoms with E-state index >= 15 is 0 Å². The molecule has 1 N–H and O–H groups in total. The second-order valence-corrected chi connectivity index (χ2v) is 8.04. The van der Waals surface area contributed by atoms with Crippen molar-refractivity contribution in [3.8, 4) is 22.2 Å². The minimum Gasteiger partial charge on any atom is -0.493 e. The zero-order valence-corrected chi connectivity index (χ0v) is 18.6. The van der Waals surface area contributed by atoms with Crippen molar-refractivity contribution in [2.45, 2.75) is 25.7 Å². The van der Waals surface area contributed by atoms with Crippen molar-refractivity contribution < 1.29 is 18.8 Å². The average molecular weight is 480 g/mol. The Morgan fingerprint density at radius 1 is 1.24 bits per heavy atom. The summed E-state index contributed by atoms with van der Waals surface area (Å²) < 4.78 is 16.8. The molecule has 3 rings (SSSR count). The topological polar surface area (TPSA) is 86.5 Å². The minimum absolute atomic E-state index is 0.000375. The van der Waals surface area contributed by atoms with Gasteiger partial charge in [-0.05, 0) is 42.0 Å². The number of ether oxygens (including phenoxy) is 2. The number of amides is 1. The molecule has 0 atom stereocenters. The first kappa shape index (κ1) is 21.3. The van der Waals surface area contributed by atoms with E-state index in [1.54, 1.807) is 25.6 Å². The fraction of sp³-hybridized carbons (Fsp3) is 0.350. The van der Waals surface area contributed by atoms with Gasteiger partial charge in [-0.25, -0.2) is 0 Å². The van der Waals surface area contributed by atoms with Gasteiger partial charge in [0.15, 0.2) is 11.5 Å². The molecule has 0 saturated heterocycles. The second-order valence-electron chi connectivity index (χ2n) is 6.24. The normalized spacial score (nSPS) is 10.7. The Kier molecular flexibility index (Phi) is 7.65. The van der Waals surface area contributed by atoms with Crippen LogP contribution >= 0.6 is 27.3 Å². The number of methoxy groups -OCH3 is 2. The van der Waals surface area contributed by atoms with E-state index in [9.17, 15) is 4.79 Å². The van der Waals surface area contributed by atoms with Crippen LogP contribution in [-0.4, -0.2) is 36.8 Å². The second kappa shape index (κ2) is 10.4. The highest BCUT2D eigenvalue weighted by molar-refractivity contribution is 9.10. The maximum atomic E-state index is 12.1. The number of benzene rings is 1. The van der Waals surface area contributed by atoms with Gasteiger partial charge in [-0.1, -0.05) is 27.2 Å². The standard InChI is InChI=1S/C20H22BrN3O4S/c1-26-15-11-13(14(21)12-16(15)27-2)8-9-22-18(25)6-3-7-19-23-20(24-28-19)17-5-4-10-29-17/h4-5,10-12H,3,6-9H2,1-2H3,(H,22,25). The van der Waals surface area contributed by atoms with Crippen LogP contribution in [0.3, 0.4) is 0 Å². The molecule has 0 aliphatic carbocycles. The van der Waals surface area contributed by atoms with Crippen LogP contribution in [0.2, 0.25) is 0 Å². The van der Waals surface area contributed by atoms with Crippen LogP contribution in [-0.2, 0) is 17.6 Å². The fourth-order valence-electron chi connectivity index (χ4n) is 2.78. The van der Waals surface area contributed by atoms with Gasteiger partial charge in [0.05, 0.1) is 19.1 Å². The summed E-state index contributed by atoms with van der Waals surface area (Å²) >= 11 is 5.09. The molecule has 0 fully saturated rings. The molecule has 0 unspecified atom stereocenters. The number of aromatic nitrogens is 2. The Balaban J connectivity index is 1.40. The first-order valence-corrected chi connectivity index (χ1v) is 10.8. The Labute approximate surface area is 181 Å². The van der Waals surface area contributed by atoms with Crippen LogP contribution in [0.5, 0.6) is 11.5 Å². The number of aryl methyl sites for hydroxylation is 1. The van der Waals surface area contributed by atoms with E-state index < -0.39 is 0 Å². The maximum absolute atomic E-state index is 12.1. The van der Waals surface area contributed by atoms with Crippen molar-refractivity contribution in [3.63, 3.8) is 0 Å². The van der Waals surface area contributed by atoms with E-state index in [-0.39, 0.29) is 5.91 Å². The van der Waals surface area contributed by atoms with Crippen molar-refractivity contribution in [2.75, 3.05) is 20.8 Å². The summed E-state index contributed by atoms with van der Waals surface area (Å²) in [6, 6.07) is 7.67. The predicted molar refractivity (Wildman–Crippen MR) is 115 cm³/mol. The van der Waals surface area contributed by atoms with E-state index in [1.165, 1.54) is 0 Å². The summed E-state index contributed by atoms with van der Waals surface area (Å²) in [5, 5.41) is 8.88. The number of halogens is 1. The van der Waals surface area contributed by atoms with Gasteiger partial charge in [-0.3, -0.25) is 4.79 Å². The third kappa shape index (κ3) is 5.80. The summed E-state index contributed by atoms with van der Waals surface area (Å²) in [7, 11) is 3.20. The lowest BCUT2D eigenvalue weighted by Gasteiger charge is -2.12. The fourth-order valence-corrected chi connectivity index (χ4v) is 3.95. The molecule has 0 aliphatic rings. The molecular weight excluding hydrogens is 458 g/mol. The largest absolute Gasteiger partial charge is 0.493 e. The smallest absolute Gasteiger partial charge is 0.226 e. The van der Waals surface area contributed by atoms with Gasteiger partial charge in [-0.2, -0.15) is 4.98 Å². The van der Waals surface area contributed by atoms with Crippen LogP contribution in [0, 0.1) is 0 Å². The van der Waals surface area contributed by atoms with Crippen molar-refractivity contribution in [1.29, 1.82) is 0 Å². The molecule has 0 radical (unpaired) electrons. The van der Waals surface area contributed by atoms with E-state index in [0.29, 0.717) is 55.4 Å². The summed E-state index contributed by atoms with van der Waals surface area (Å²) in [6.45, 7) is 0.538. The monoisotopic (exact) mass is 479 g/mol. The first-order chi connectivity index (χ1) is 14.1. The molecule has 2 heterocycles. The molecular formula is C20H22BrN3O4S. The number of nitrogens with one attached hydrogen (secondary N) is 1. The van der Waals surface area contributed by atoms with Gasteiger partial charge in [0.1, 0.15) is 0 Å². The van der Waals surface area contributed by atoms with Crippen molar-refractivity contribution >= 4 is 33.2 Å². The number of carbonyl (C=O) groups excluding carboxylic acids is 1. The van der Waals surface area contributed by atoms with Gasteiger partial charge in [-0.15, -0.1) is 11.3 Å². The van der Waals surface area contributed by atoms with E-state index in [1.807, 2.05) is 29.6 Å². The van der Waals surface area contributed by atoms with Crippen LogP contribution in [0.15, 0.2) is 38.6 Å². The zero-order chi connectivity index (χ0) is 20.6. The molecule has 2 aromatic heterocycles. The highest BCUT2D eigenvalue weighted by Crippen LogP contribution is 2.33. The molecule has 0 saturated carbocycles. The molecule has 3 aromatic rings. The summed E-state index contributed by atoms with van der Waals surface area (Å²) in [6.07, 6.45) is 2.31. The van der Waals surface area contributed by atoms with Gasteiger partial charge < -0.3 is 19.3 Å². The maximum Gasteiger partial charge on any atom is 0.226 e. The van der Waals surface area contributed by atoms with Gasteiger partial charge in [0, 0.05) is 23.9 Å². The quantitative estimate of drug-likeness (QED) is 0.467. The summed E-state index contributed by atoms with van der Waals surface area (Å²) in [4.78, 5) is 17.4. The molecule has 154 valence electrons. The Morgan fingerprint density at radius 2 is 2.03 bits per heavy atom. The van der Waals surface area contributed by atoms with Crippen LogP contribution in [0.25, 0.3) is 10.7 Å². The van der Waals surface area contributed by atoms with Gasteiger partial charge in [0.25, 0.3) is 0 Å². The van der Waals surface area contributed by atoms with Gasteiger partial charge in [0.2, 0.25) is 17.6 Å². The minimum atomic E-state index is -0.000375. The Bertz CT molecular complexity index is 943. The lowest BCUT2D eigenvalue weighted by atomic mass is 10.1. The highest BCUT2D eigenvalue weighted by atomic mass is 79.9. The number of nitrogens with zero attached hydrogens (tertiary/aromatic N) is 2. The third-order valence-electron chi connectivity index (χ3n) is 4.27. The predicted octanol–water partition coefficient (Wildman–Crippen LogP) is 4.26. The lowest BCUT2D eigenvalue weighted by Crippen LogP contribution is -2.25. The molecule has 1 aromatic carbocycles. The zero-order valence-electron chi connectivity index (χ0n) is 16.2. The van der Waals surface area contributed by atoms with Crippen molar-refractivity contribution in [3.05, 3.63) is 45.6 Å². The number of thiophene rings is 1. The third-order valence-corrected chi connectivity index (χ3v) is 5.88. The van der Waals surface area contributed by atoms with Crippen LogP contribution in [0.4, 0.5) is 0 Å². The van der Waals surface area contributed by atoms with Crippen molar-refractivity contribution in [1.82, 2.24) is 15.5 Å². The molecule has 0 bridgehead atoms. The van der Waals surface area contributed by atoms with Crippen LogP contribution < -0.4 is 14.8 Å². The lowest BCUT2D eigenvalue weighted by molar-refractivity contribution is -0.121. The summed E-state index contributed by atoms with van der Waals surface area (Å²) in [5.41, 5.74) is 1.04. The number of hydrogen-bond acceptors (Lipinski definition) is 7. The molecule has 29 heavy (non-hydrogen) atoms. The van der Waals surface area contributed by atoms with Crippen LogP contribution in [0.1, 0.15) is 24.3 Å². The molecule has 9 heteroatoms. The molecule has 0 spiro atoms. The highest BCUT2D eigenvalue weighted by Gasteiger charge is 2.12. The SMILES string of the molecule is COc1cc(Br)c(CCNC(=O)CCCc2nc(-c3cccs3)no2)cc1OC. The Hall–Kier alpha value is -2.39. The molecule has 0 aliphatic heterocycles. The molecule has 1 amide bonds. The van der Waals surface area contributed by atoms with Crippen molar-refractivity contribution in [2.24, 2.45) is 0 Å². The first-order valence-electron chi connectivity index (χ1n) is 9.14. The Morgan fingerprint density at radius 3 is 2.76 bits per heavy atom. The molecule has 7 nitrogen and oxygen atoms in total. The van der Waals surface area contributed by atoms with E-state index in [0.717, 1.165) is 14.9 Å². The average Bonchev–Trinajstić information content (AvgIpc) is 3.40. The van der Waals surface area contributed by atoms with Gasteiger partial charge >= 0.3 is 0 Å². The number of rotatable bonds is 10. The van der Waals surface area contributed by atoms with E-state index in [4.69, 9.17) is 14.0 Å².